The van der Waals surface area contributed by atoms with Gasteiger partial charge in [0.15, 0.2) is 23.1 Å². The maximum Gasteiger partial charge on any atom is 0.298 e. The van der Waals surface area contributed by atoms with Crippen molar-refractivity contribution in [2.45, 2.75) is 13.8 Å². The molecule has 0 aromatic heterocycles. The number of carbonyl (C=O) groups excluding carboxylic acids is 5. The second-order valence-corrected chi connectivity index (χ2v) is 5.61. The predicted molar refractivity (Wildman–Crippen MR) is 86.5 cm³/mol. The van der Waals surface area contributed by atoms with E-state index in [4.69, 9.17) is 4.74 Å². The van der Waals surface area contributed by atoms with Crippen LogP contribution >= 0.6 is 0 Å². The van der Waals surface area contributed by atoms with Crippen molar-refractivity contribution in [2.24, 2.45) is 0 Å². The fraction of sp³-hybridized carbons (Fsp3) is 0.105. The zero-order chi connectivity index (χ0) is 18.3. The van der Waals surface area contributed by atoms with Crippen LogP contribution in [0.2, 0.25) is 0 Å². The minimum Gasteiger partial charge on any atom is -0.429 e. The molecule has 0 saturated heterocycles. The molecule has 0 N–H and O–H groups in total. The van der Waals surface area contributed by atoms with E-state index >= 15 is 0 Å². The highest BCUT2D eigenvalue weighted by Crippen LogP contribution is 2.34. The first-order valence-electron chi connectivity index (χ1n) is 7.39. The van der Waals surface area contributed by atoms with Gasteiger partial charge in [-0.15, -0.1) is 0 Å². The van der Waals surface area contributed by atoms with Crippen LogP contribution in [0.3, 0.4) is 0 Å². The number of rotatable bonds is 4. The lowest BCUT2D eigenvalue weighted by atomic mass is 9.78. The molecule has 0 fully saturated rings. The molecular formula is C19H12O6. The Morgan fingerprint density at radius 2 is 1.52 bits per heavy atom. The number of hydrogen-bond donors (Lipinski definition) is 0. The monoisotopic (exact) mass is 336 g/mol. The van der Waals surface area contributed by atoms with E-state index in [9.17, 15) is 24.0 Å². The van der Waals surface area contributed by atoms with Crippen LogP contribution in [0.1, 0.15) is 66.4 Å². The minimum atomic E-state index is -0.571. The summed E-state index contributed by atoms with van der Waals surface area (Å²) in [4.78, 5) is 60.3. The first-order chi connectivity index (χ1) is 11.9. The summed E-state index contributed by atoms with van der Waals surface area (Å²) in [6, 6.07) is 6.92. The van der Waals surface area contributed by atoms with Gasteiger partial charge < -0.3 is 4.74 Å². The van der Waals surface area contributed by atoms with E-state index in [2.05, 4.69) is 0 Å². The third-order valence-electron chi connectivity index (χ3n) is 4.06. The van der Waals surface area contributed by atoms with E-state index in [-0.39, 0.29) is 51.4 Å². The van der Waals surface area contributed by atoms with Gasteiger partial charge in [-0.1, -0.05) is 18.2 Å². The van der Waals surface area contributed by atoms with Crippen molar-refractivity contribution >= 4 is 29.6 Å². The summed E-state index contributed by atoms with van der Waals surface area (Å²) in [6.45, 7) is 2.71. The van der Waals surface area contributed by atoms with Crippen molar-refractivity contribution in [2.75, 3.05) is 0 Å². The average molecular weight is 336 g/mol. The summed E-state index contributed by atoms with van der Waals surface area (Å²) in [6.07, 6.45) is 0. The summed E-state index contributed by atoms with van der Waals surface area (Å²) in [5.74, 6) is -1.90. The normalized spacial score (nSPS) is 12.2. The van der Waals surface area contributed by atoms with Crippen molar-refractivity contribution in [1.82, 2.24) is 0 Å². The standard InChI is InChI=1S/C19H12O6/c1-9(21)12-4-3-5-13-16(12)19(24)17-14(10(2)22)6-11(25-8-20)7-15(17)18(13)23/h3-8H,1-2H3. The topological polar surface area (TPSA) is 94.6 Å². The summed E-state index contributed by atoms with van der Waals surface area (Å²) in [5.41, 5.74) is 0.0858. The van der Waals surface area contributed by atoms with Crippen LogP contribution in [0, 0.1) is 0 Å². The SMILES string of the molecule is CC(=O)c1cccc2c1C(=O)c1c(C(C)=O)cc(OC=O)cc1C2=O. The highest BCUT2D eigenvalue weighted by atomic mass is 16.5. The molecule has 0 radical (unpaired) electrons. The summed E-state index contributed by atoms with van der Waals surface area (Å²) >= 11 is 0. The zero-order valence-corrected chi connectivity index (χ0v) is 13.4. The van der Waals surface area contributed by atoms with Crippen LogP contribution in [0.25, 0.3) is 0 Å². The van der Waals surface area contributed by atoms with E-state index in [1.54, 1.807) is 0 Å². The summed E-state index contributed by atoms with van der Waals surface area (Å²) in [5, 5.41) is 0. The number of benzene rings is 2. The maximum atomic E-state index is 13.0. The van der Waals surface area contributed by atoms with Gasteiger partial charge in [-0.25, -0.2) is 0 Å². The Balaban J connectivity index is 2.37. The molecule has 124 valence electrons. The van der Waals surface area contributed by atoms with Gasteiger partial charge in [0.05, 0.1) is 0 Å². The largest absolute Gasteiger partial charge is 0.429 e. The lowest BCUT2D eigenvalue weighted by Crippen LogP contribution is -2.26. The smallest absolute Gasteiger partial charge is 0.298 e. The van der Waals surface area contributed by atoms with Gasteiger partial charge in [-0.2, -0.15) is 0 Å². The van der Waals surface area contributed by atoms with Crippen LogP contribution in [0.15, 0.2) is 30.3 Å². The summed E-state index contributed by atoms with van der Waals surface area (Å²) < 4.78 is 4.75. The Morgan fingerprint density at radius 3 is 2.12 bits per heavy atom. The molecule has 0 saturated carbocycles. The average Bonchev–Trinajstić information content (AvgIpc) is 2.58. The van der Waals surface area contributed by atoms with Gasteiger partial charge in [-0.05, 0) is 26.0 Å². The van der Waals surface area contributed by atoms with E-state index in [0.29, 0.717) is 0 Å². The fourth-order valence-electron chi connectivity index (χ4n) is 2.99. The summed E-state index contributed by atoms with van der Waals surface area (Å²) in [7, 11) is 0. The lowest BCUT2D eigenvalue weighted by Gasteiger charge is -2.21. The van der Waals surface area contributed by atoms with Gasteiger partial charge in [-0.3, -0.25) is 24.0 Å². The molecule has 6 nitrogen and oxygen atoms in total. The molecule has 0 aliphatic heterocycles. The zero-order valence-electron chi connectivity index (χ0n) is 13.4. The Morgan fingerprint density at radius 1 is 0.880 bits per heavy atom. The molecule has 25 heavy (non-hydrogen) atoms. The number of ketones is 4. The van der Waals surface area contributed by atoms with Crippen LogP contribution in [0.5, 0.6) is 5.75 Å². The first-order valence-corrected chi connectivity index (χ1v) is 7.39. The number of hydrogen-bond acceptors (Lipinski definition) is 6. The molecular weight excluding hydrogens is 324 g/mol. The molecule has 0 heterocycles. The quantitative estimate of drug-likeness (QED) is 0.536. The van der Waals surface area contributed by atoms with Crippen LogP contribution < -0.4 is 4.74 Å². The van der Waals surface area contributed by atoms with Crippen molar-refractivity contribution in [3.63, 3.8) is 0 Å². The Labute approximate surface area is 142 Å². The van der Waals surface area contributed by atoms with Crippen molar-refractivity contribution < 1.29 is 28.7 Å². The number of fused-ring (bicyclic) bond motifs is 2. The maximum absolute atomic E-state index is 13.0. The Hall–Kier alpha value is -3.41. The van der Waals surface area contributed by atoms with E-state index in [1.807, 2.05) is 0 Å². The van der Waals surface area contributed by atoms with Gasteiger partial charge in [0.2, 0.25) is 0 Å². The molecule has 2 aromatic rings. The van der Waals surface area contributed by atoms with Crippen molar-refractivity contribution in [3.05, 3.63) is 63.7 Å². The Kier molecular flexibility index (Phi) is 3.88. The number of ether oxygens (including phenoxy) is 1. The molecule has 0 unspecified atom stereocenters. The molecule has 6 heteroatoms. The van der Waals surface area contributed by atoms with Crippen molar-refractivity contribution in [3.8, 4) is 5.75 Å². The van der Waals surface area contributed by atoms with Crippen LogP contribution in [0.4, 0.5) is 0 Å². The molecule has 2 aromatic carbocycles. The third kappa shape index (κ3) is 2.48. The van der Waals surface area contributed by atoms with Crippen LogP contribution in [-0.2, 0) is 4.79 Å². The van der Waals surface area contributed by atoms with Gasteiger partial charge in [0, 0.05) is 33.4 Å². The Bertz CT molecular complexity index is 984. The fourth-order valence-corrected chi connectivity index (χ4v) is 2.99. The van der Waals surface area contributed by atoms with Gasteiger partial charge in [0.25, 0.3) is 6.47 Å². The molecule has 0 atom stereocenters. The molecule has 0 bridgehead atoms. The van der Waals surface area contributed by atoms with Gasteiger partial charge >= 0.3 is 0 Å². The number of Topliss-reactive ketones (excluding diaryl/α,β-unsaturated/α-hetero) is 2. The minimum absolute atomic E-state index is 0.000874. The van der Waals surface area contributed by atoms with Crippen LogP contribution in [-0.4, -0.2) is 29.6 Å². The molecule has 0 amide bonds. The second-order valence-electron chi connectivity index (χ2n) is 5.61. The highest BCUT2D eigenvalue weighted by Gasteiger charge is 2.35. The van der Waals surface area contributed by atoms with E-state index < -0.39 is 17.3 Å². The molecule has 1 aliphatic carbocycles. The third-order valence-corrected chi connectivity index (χ3v) is 4.06. The second kappa shape index (κ2) is 5.90. The predicted octanol–water partition coefficient (Wildman–Crippen LogP) is 2.40. The molecule has 3 rings (SSSR count). The number of carbonyl (C=O) groups is 5. The molecule has 0 spiro atoms. The lowest BCUT2D eigenvalue weighted by molar-refractivity contribution is -0.120. The van der Waals surface area contributed by atoms with Gasteiger partial charge in [0.1, 0.15) is 5.75 Å². The molecule has 1 aliphatic rings. The highest BCUT2D eigenvalue weighted by molar-refractivity contribution is 6.33. The van der Waals surface area contributed by atoms with E-state index in [0.717, 1.165) is 0 Å². The van der Waals surface area contributed by atoms with E-state index in [1.165, 1.54) is 44.2 Å². The first kappa shape index (κ1) is 16.4. The van der Waals surface area contributed by atoms with Crippen molar-refractivity contribution in [1.29, 1.82) is 0 Å².